The van der Waals surface area contributed by atoms with Gasteiger partial charge in [-0.1, -0.05) is 41.6 Å². The minimum absolute atomic E-state index is 0.0967. The Bertz CT molecular complexity index is 1440. The number of thioether (sulfide) groups is 1. The molecule has 1 N–H and O–H groups in total. The molecule has 0 unspecified atom stereocenters. The maximum Gasteiger partial charge on any atom is 0.262 e. The van der Waals surface area contributed by atoms with Gasteiger partial charge in [-0.2, -0.15) is 10.1 Å². The van der Waals surface area contributed by atoms with Gasteiger partial charge in [0.2, 0.25) is 5.91 Å². The number of rotatable bonds is 6. The Morgan fingerprint density at radius 1 is 1.16 bits per heavy atom. The van der Waals surface area contributed by atoms with Crippen LogP contribution in [-0.2, 0) is 9.59 Å². The molecule has 0 aliphatic carbocycles. The molecule has 0 radical (unpaired) electrons. The molecule has 0 fully saturated rings. The Labute approximate surface area is 228 Å². The quantitative estimate of drug-likeness (QED) is 0.408. The van der Waals surface area contributed by atoms with Crippen molar-refractivity contribution in [2.24, 2.45) is 10.1 Å². The first kappa shape index (κ1) is 25.9. The number of ether oxygens (including phenoxy) is 1. The van der Waals surface area contributed by atoms with Crippen LogP contribution in [0.3, 0.4) is 0 Å². The highest BCUT2D eigenvalue weighted by Gasteiger charge is 2.39. The topological polar surface area (TPSA) is 83.4 Å². The van der Waals surface area contributed by atoms with E-state index >= 15 is 0 Å². The molecule has 2 aliphatic heterocycles. The molecule has 2 aliphatic rings. The summed E-state index contributed by atoms with van der Waals surface area (Å²) in [6.07, 6.45) is 0.492. The van der Waals surface area contributed by atoms with Crippen molar-refractivity contribution >= 4 is 51.7 Å². The number of hydrazone groups is 1. The number of benzene rings is 3. The maximum absolute atomic E-state index is 13.9. The fraction of sp³-hybridized carbons (Fsp3) is 0.214. The van der Waals surface area contributed by atoms with E-state index < -0.39 is 22.9 Å². The number of amidine groups is 1. The summed E-state index contributed by atoms with van der Waals surface area (Å²) in [5.41, 5.74) is 3.57. The first-order valence-electron chi connectivity index (χ1n) is 11.9. The lowest BCUT2D eigenvalue weighted by Gasteiger charge is -2.23. The molecule has 2 atom stereocenters. The van der Waals surface area contributed by atoms with Crippen molar-refractivity contribution in [1.82, 2.24) is 5.01 Å². The van der Waals surface area contributed by atoms with E-state index in [9.17, 15) is 14.0 Å². The standard InChI is InChI=1S/C28H24ClFN4O3S/c1-16-3-10-20(13-22(16)30)31-26(35)15-25-27(36)32-28(38-25)34-24(18-4-8-19(29)9-5-18)14-23(33-34)17-6-11-21(37-2)12-7-17/h3-13,24-25H,14-15H2,1-2H3,(H,31,35)/t24-,25+/m1/s1. The highest BCUT2D eigenvalue weighted by atomic mass is 35.5. The van der Waals surface area contributed by atoms with Crippen LogP contribution < -0.4 is 10.1 Å². The molecule has 2 heterocycles. The van der Waals surface area contributed by atoms with Gasteiger partial charge in [0, 0.05) is 23.6 Å². The molecule has 2 amide bonds. The molecule has 0 bridgehead atoms. The molecular weight excluding hydrogens is 527 g/mol. The minimum atomic E-state index is -0.702. The third kappa shape index (κ3) is 5.58. The number of amides is 2. The molecular formula is C28H24ClFN4O3S. The maximum atomic E-state index is 13.9. The van der Waals surface area contributed by atoms with Crippen molar-refractivity contribution in [2.75, 3.05) is 12.4 Å². The van der Waals surface area contributed by atoms with E-state index in [2.05, 4.69) is 10.3 Å². The molecule has 0 saturated heterocycles. The molecule has 194 valence electrons. The fourth-order valence-corrected chi connectivity index (χ4v) is 5.43. The van der Waals surface area contributed by atoms with Gasteiger partial charge in [-0.3, -0.25) is 9.59 Å². The van der Waals surface area contributed by atoms with Gasteiger partial charge in [0.25, 0.3) is 5.91 Å². The lowest BCUT2D eigenvalue weighted by Crippen LogP contribution is -2.25. The Morgan fingerprint density at radius 3 is 2.58 bits per heavy atom. The van der Waals surface area contributed by atoms with Crippen LogP contribution in [0.4, 0.5) is 10.1 Å². The number of nitrogens with zero attached hydrogens (tertiary/aromatic N) is 3. The molecule has 5 rings (SSSR count). The SMILES string of the molecule is COc1ccc(C2=NN(C3=NC(=O)[C@H](CC(=O)Nc4ccc(C)c(F)c4)S3)[C@@H](c3ccc(Cl)cc3)C2)cc1. The molecule has 3 aromatic carbocycles. The predicted octanol–water partition coefficient (Wildman–Crippen LogP) is 5.97. The van der Waals surface area contributed by atoms with E-state index in [1.807, 2.05) is 48.5 Å². The number of carbonyl (C=O) groups is 2. The Morgan fingerprint density at radius 2 is 1.89 bits per heavy atom. The number of nitrogens with one attached hydrogen (secondary N) is 1. The van der Waals surface area contributed by atoms with E-state index in [1.54, 1.807) is 31.2 Å². The zero-order chi connectivity index (χ0) is 26.8. The van der Waals surface area contributed by atoms with Crippen LogP contribution in [0.5, 0.6) is 5.75 Å². The first-order valence-corrected chi connectivity index (χ1v) is 13.2. The second-order valence-electron chi connectivity index (χ2n) is 8.95. The average molecular weight is 551 g/mol. The summed E-state index contributed by atoms with van der Waals surface area (Å²) in [4.78, 5) is 29.7. The van der Waals surface area contributed by atoms with E-state index in [-0.39, 0.29) is 12.5 Å². The molecule has 10 heteroatoms. The van der Waals surface area contributed by atoms with Gasteiger partial charge in [-0.05, 0) is 72.1 Å². The number of halogens is 2. The molecule has 0 spiro atoms. The second kappa shape index (κ2) is 11.0. The molecule has 7 nitrogen and oxygen atoms in total. The average Bonchev–Trinajstić information content (AvgIpc) is 3.51. The van der Waals surface area contributed by atoms with Crippen molar-refractivity contribution in [2.45, 2.75) is 31.1 Å². The number of hydrogen-bond donors (Lipinski definition) is 1. The lowest BCUT2D eigenvalue weighted by molar-refractivity contribution is -0.121. The van der Waals surface area contributed by atoms with Crippen molar-refractivity contribution in [3.05, 3.63) is 94.3 Å². The molecule has 38 heavy (non-hydrogen) atoms. The highest BCUT2D eigenvalue weighted by Crippen LogP contribution is 2.39. The third-order valence-electron chi connectivity index (χ3n) is 6.34. The van der Waals surface area contributed by atoms with Crippen LogP contribution in [0.2, 0.25) is 5.02 Å². The second-order valence-corrected chi connectivity index (χ2v) is 10.6. The van der Waals surface area contributed by atoms with Crippen LogP contribution in [0, 0.1) is 12.7 Å². The van der Waals surface area contributed by atoms with Gasteiger partial charge in [-0.25, -0.2) is 9.40 Å². The summed E-state index contributed by atoms with van der Waals surface area (Å²) in [6, 6.07) is 19.4. The summed E-state index contributed by atoms with van der Waals surface area (Å²) in [7, 11) is 1.61. The van der Waals surface area contributed by atoms with E-state index in [0.717, 1.165) is 22.6 Å². The smallest absolute Gasteiger partial charge is 0.262 e. The number of anilines is 1. The Balaban J connectivity index is 1.34. The van der Waals surface area contributed by atoms with Gasteiger partial charge in [-0.15, -0.1) is 0 Å². The highest BCUT2D eigenvalue weighted by molar-refractivity contribution is 8.15. The molecule has 0 aromatic heterocycles. The summed E-state index contributed by atoms with van der Waals surface area (Å²) in [5, 5.41) is 9.60. The minimum Gasteiger partial charge on any atom is -0.497 e. The van der Waals surface area contributed by atoms with Gasteiger partial charge in [0.05, 0.1) is 18.9 Å². The van der Waals surface area contributed by atoms with Crippen molar-refractivity contribution < 1.29 is 18.7 Å². The lowest BCUT2D eigenvalue weighted by atomic mass is 9.98. The number of hydrogen-bond acceptors (Lipinski definition) is 6. The number of methoxy groups -OCH3 is 1. The van der Waals surface area contributed by atoms with Crippen molar-refractivity contribution in [3.63, 3.8) is 0 Å². The zero-order valence-corrected chi connectivity index (χ0v) is 22.2. The first-order chi connectivity index (χ1) is 18.3. The van der Waals surface area contributed by atoms with Crippen LogP contribution >= 0.6 is 23.4 Å². The summed E-state index contributed by atoms with van der Waals surface area (Å²) < 4.78 is 19.1. The van der Waals surface area contributed by atoms with Gasteiger partial charge >= 0.3 is 0 Å². The van der Waals surface area contributed by atoms with Gasteiger partial charge < -0.3 is 10.1 Å². The van der Waals surface area contributed by atoms with E-state index in [4.69, 9.17) is 21.4 Å². The normalized spacial score (nSPS) is 18.8. The Kier molecular flexibility index (Phi) is 7.49. The van der Waals surface area contributed by atoms with Crippen LogP contribution in [-0.4, -0.2) is 40.1 Å². The van der Waals surface area contributed by atoms with Gasteiger partial charge in [0.1, 0.15) is 16.8 Å². The number of carbonyl (C=O) groups excluding carboxylic acids is 2. The predicted molar refractivity (Wildman–Crippen MR) is 148 cm³/mol. The van der Waals surface area contributed by atoms with Gasteiger partial charge in [0.15, 0.2) is 5.17 Å². The molecule has 3 aromatic rings. The fourth-order valence-electron chi connectivity index (χ4n) is 4.24. The summed E-state index contributed by atoms with van der Waals surface area (Å²) in [6.45, 7) is 1.64. The number of aryl methyl sites for hydroxylation is 1. The van der Waals surface area contributed by atoms with Crippen molar-refractivity contribution in [3.8, 4) is 5.75 Å². The summed E-state index contributed by atoms with van der Waals surface area (Å²) >= 11 is 7.31. The van der Waals surface area contributed by atoms with Crippen LogP contribution in [0.25, 0.3) is 0 Å². The van der Waals surface area contributed by atoms with Crippen LogP contribution in [0.1, 0.15) is 35.6 Å². The molecule has 0 saturated carbocycles. The van der Waals surface area contributed by atoms with Crippen LogP contribution in [0.15, 0.2) is 76.8 Å². The summed E-state index contributed by atoms with van der Waals surface area (Å²) in [5.74, 6) is -0.464. The monoisotopic (exact) mass is 550 g/mol. The van der Waals surface area contributed by atoms with E-state index in [0.29, 0.717) is 27.9 Å². The van der Waals surface area contributed by atoms with E-state index in [1.165, 1.54) is 17.8 Å². The largest absolute Gasteiger partial charge is 0.497 e. The zero-order valence-electron chi connectivity index (χ0n) is 20.7. The number of aliphatic imine (C=N–C) groups is 1. The third-order valence-corrected chi connectivity index (χ3v) is 7.73. The van der Waals surface area contributed by atoms with Crippen molar-refractivity contribution in [1.29, 1.82) is 0 Å². The Hall–Kier alpha value is -3.69.